The Morgan fingerprint density at radius 1 is 1.70 bits per heavy atom. The Kier molecular flexibility index (Phi) is 4.23. The van der Waals surface area contributed by atoms with Gasteiger partial charge >= 0.3 is 0 Å². The van der Waals surface area contributed by atoms with Crippen LogP contribution in [0.5, 0.6) is 0 Å². The summed E-state index contributed by atoms with van der Waals surface area (Å²) in [4.78, 5) is 9.96. The topological polar surface area (TPSA) is 40.9 Å². The normalized spacial score (nSPS) is 11.2. The quantitative estimate of drug-likeness (QED) is 0.438. The molecule has 0 heterocycles. The molecule has 2 heteroatoms. The van der Waals surface area contributed by atoms with Gasteiger partial charge in [0, 0.05) is 12.0 Å². The lowest BCUT2D eigenvalue weighted by Crippen LogP contribution is -1.85. The third kappa shape index (κ3) is 3.85. The molecule has 0 aromatic heterocycles. The summed E-state index contributed by atoms with van der Waals surface area (Å²) in [5, 5.41) is 8.43. The number of nitrogens with zero attached hydrogens (tertiary/aromatic N) is 1. The van der Waals surface area contributed by atoms with E-state index in [1.165, 1.54) is 0 Å². The van der Waals surface area contributed by atoms with Gasteiger partial charge in [-0.15, -0.1) is 0 Å². The van der Waals surface area contributed by atoms with Gasteiger partial charge in [-0.2, -0.15) is 5.26 Å². The molecule has 2 nitrogen and oxygen atoms in total. The minimum Gasteiger partial charge on any atom is -0.303 e. The number of carbonyl (C=O) groups excluding carboxylic acids is 1. The van der Waals surface area contributed by atoms with Gasteiger partial charge in [0.2, 0.25) is 0 Å². The molecule has 0 aromatic rings. The van der Waals surface area contributed by atoms with Crippen molar-refractivity contribution < 1.29 is 4.79 Å². The first kappa shape index (κ1) is 8.90. The van der Waals surface area contributed by atoms with Crippen molar-refractivity contribution in [3.63, 3.8) is 0 Å². The maximum Gasteiger partial charge on any atom is 0.125 e. The molecule has 0 aliphatic carbocycles. The zero-order chi connectivity index (χ0) is 7.98. The van der Waals surface area contributed by atoms with Gasteiger partial charge in [-0.1, -0.05) is 19.9 Å². The SMILES string of the molecule is CC(C)C=C(C#N)CC=O. The van der Waals surface area contributed by atoms with E-state index in [0.717, 1.165) is 6.29 Å². The third-order valence-corrected chi connectivity index (χ3v) is 0.981. The smallest absolute Gasteiger partial charge is 0.125 e. The lowest BCUT2D eigenvalue weighted by atomic mass is 10.1. The number of hydrogen-bond acceptors (Lipinski definition) is 2. The zero-order valence-corrected chi connectivity index (χ0v) is 6.29. The second kappa shape index (κ2) is 4.75. The van der Waals surface area contributed by atoms with Gasteiger partial charge in [0.1, 0.15) is 6.29 Å². The summed E-state index contributed by atoms with van der Waals surface area (Å²) in [5.41, 5.74) is 0.560. The van der Waals surface area contributed by atoms with Gasteiger partial charge in [0.05, 0.1) is 6.07 Å². The van der Waals surface area contributed by atoms with Crippen LogP contribution in [0, 0.1) is 17.2 Å². The van der Waals surface area contributed by atoms with E-state index >= 15 is 0 Å². The average Bonchev–Trinajstić information content (AvgIpc) is 1.86. The summed E-state index contributed by atoms with van der Waals surface area (Å²) in [6.07, 6.45) is 2.79. The maximum atomic E-state index is 9.96. The van der Waals surface area contributed by atoms with Crippen LogP contribution in [-0.2, 0) is 4.79 Å². The fourth-order valence-electron chi connectivity index (χ4n) is 0.643. The minimum absolute atomic E-state index is 0.245. The molecule has 0 rings (SSSR count). The van der Waals surface area contributed by atoms with Crippen molar-refractivity contribution in [2.45, 2.75) is 20.3 Å². The molecule has 0 bridgehead atoms. The molecule has 0 spiro atoms. The number of carbonyl (C=O) groups is 1. The molecule has 0 aromatic carbocycles. The highest BCUT2D eigenvalue weighted by atomic mass is 16.1. The number of nitriles is 1. The predicted molar refractivity (Wildman–Crippen MR) is 39.2 cm³/mol. The Morgan fingerprint density at radius 2 is 2.30 bits per heavy atom. The Morgan fingerprint density at radius 3 is 2.60 bits per heavy atom. The van der Waals surface area contributed by atoms with Crippen molar-refractivity contribution in [1.29, 1.82) is 5.26 Å². The molecule has 0 saturated heterocycles. The highest BCUT2D eigenvalue weighted by Crippen LogP contribution is 2.03. The number of hydrogen-bond donors (Lipinski definition) is 0. The van der Waals surface area contributed by atoms with Crippen molar-refractivity contribution in [2.75, 3.05) is 0 Å². The molecule has 0 amide bonds. The average molecular weight is 137 g/mol. The summed E-state index contributed by atoms with van der Waals surface area (Å²) in [6.45, 7) is 3.95. The van der Waals surface area contributed by atoms with E-state index in [1.807, 2.05) is 19.9 Å². The van der Waals surface area contributed by atoms with Crippen LogP contribution in [0.3, 0.4) is 0 Å². The number of allylic oxidation sites excluding steroid dienone is 2. The first-order chi connectivity index (χ1) is 4.70. The van der Waals surface area contributed by atoms with Gasteiger partial charge in [-0.3, -0.25) is 0 Å². The van der Waals surface area contributed by atoms with E-state index in [-0.39, 0.29) is 6.42 Å². The van der Waals surface area contributed by atoms with Gasteiger partial charge < -0.3 is 4.79 Å². The Bertz CT molecular complexity index is 174. The molecule has 0 unspecified atom stereocenters. The van der Waals surface area contributed by atoms with E-state index in [9.17, 15) is 4.79 Å². The van der Waals surface area contributed by atoms with E-state index in [2.05, 4.69) is 0 Å². The van der Waals surface area contributed by atoms with Crippen LogP contribution < -0.4 is 0 Å². The summed E-state index contributed by atoms with van der Waals surface area (Å²) in [7, 11) is 0. The van der Waals surface area contributed by atoms with Crippen molar-refractivity contribution >= 4 is 6.29 Å². The molecular weight excluding hydrogens is 126 g/mol. The van der Waals surface area contributed by atoms with E-state index < -0.39 is 0 Å². The van der Waals surface area contributed by atoms with E-state index in [1.54, 1.807) is 6.08 Å². The van der Waals surface area contributed by atoms with Crippen molar-refractivity contribution in [2.24, 2.45) is 5.92 Å². The Balaban J connectivity index is 4.07. The van der Waals surface area contributed by atoms with Crippen molar-refractivity contribution in [3.8, 4) is 6.07 Å². The highest BCUT2D eigenvalue weighted by Gasteiger charge is 1.94. The van der Waals surface area contributed by atoms with Gasteiger partial charge in [0.25, 0.3) is 0 Å². The van der Waals surface area contributed by atoms with Crippen LogP contribution in [0.15, 0.2) is 11.6 Å². The van der Waals surface area contributed by atoms with Crippen LogP contribution in [-0.4, -0.2) is 6.29 Å². The summed E-state index contributed by atoms with van der Waals surface area (Å²) in [6, 6.07) is 1.96. The first-order valence-electron chi connectivity index (χ1n) is 3.25. The predicted octanol–water partition coefficient (Wildman–Crippen LogP) is 1.68. The van der Waals surface area contributed by atoms with Crippen LogP contribution in [0.1, 0.15) is 20.3 Å². The monoisotopic (exact) mass is 137 g/mol. The van der Waals surface area contributed by atoms with Gasteiger partial charge in [-0.25, -0.2) is 0 Å². The third-order valence-electron chi connectivity index (χ3n) is 0.981. The molecule has 0 atom stereocenters. The maximum absolute atomic E-state index is 9.96. The van der Waals surface area contributed by atoms with Crippen LogP contribution in [0.2, 0.25) is 0 Å². The van der Waals surface area contributed by atoms with Crippen LogP contribution in [0.4, 0.5) is 0 Å². The second-order valence-corrected chi connectivity index (χ2v) is 2.42. The molecule has 54 valence electrons. The molecule has 0 N–H and O–H groups in total. The van der Waals surface area contributed by atoms with Crippen molar-refractivity contribution in [1.82, 2.24) is 0 Å². The van der Waals surface area contributed by atoms with Gasteiger partial charge in [0.15, 0.2) is 0 Å². The van der Waals surface area contributed by atoms with Crippen LogP contribution in [0.25, 0.3) is 0 Å². The molecule has 10 heavy (non-hydrogen) atoms. The molecule has 0 radical (unpaired) electrons. The molecule has 0 aliphatic heterocycles. The number of rotatable bonds is 3. The standard InChI is InChI=1S/C8H11NO/c1-7(2)5-8(6-9)3-4-10/h4-5,7H,3H2,1-2H3. The fraction of sp³-hybridized carbons (Fsp3) is 0.500. The summed E-state index contributed by atoms with van der Waals surface area (Å²) < 4.78 is 0. The molecule has 0 aliphatic rings. The van der Waals surface area contributed by atoms with Crippen molar-refractivity contribution in [3.05, 3.63) is 11.6 Å². The largest absolute Gasteiger partial charge is 0.303 e. The fourth-order valence-corrected chi connectivity index (χ4v) is 0.643. The molecular formula is C8H11NO. The second-order valence-electron chi connectivity index (χ2n) is 2.42. The zero-order valence-electron chi connectivity index (χ0n) is 6.29. The Hall–Kier alpha value is -1.10. The number of aldehydes is 1. The van der Waals surface area contributed by atoms with Gasteiger partial charge in [-0.05, 0) is 5.92 Å². The summed E-state index contributed by atoms with van der Waals surface area (Å²) >= 11 is 0. The highest BCUT2D eigenvalue weighted by molar-refractivity contribution is 5.56. The van der Waals surface area contributed by atoms with E-state index in [0.29, 0.717) is 11.5 Å². The lowest BCUT2D eigenvalue weighted by Gasteiger charge is -1.94. The lowest BCUT2D eigenvalue weighted by molar-refractivity contribution is -0.107. The molecule has 0 saturated carbocycles. The summed E-state index contributed by atoms with van der Waals surface area (Å²) in [5.74, 6) is 0.342. The van der Waals surface area contributed by atoms with Crippen LogP contribution >= 0.6 is 0 Å². The minimum atomic E-state index is 0.245. The first-order valence-corrected chi connectivity index (χ1v) is 3.25. The Labute approximate surface area is 61.2 Å². The molecule has 0 fully saturated rings. The van der Waals surface area contributed by atoms with E-state index in [4.69, 9.17) is 5.26 Å².